The van der Waals surface area contributed by atoms with Crippen molar-refractivity contribution in [2.45, 2.75) is 52.7 Å². The van der Waals surface area contributed by atoms with E-state index in [1.807, 2.05) is 32.3 Å². The van der Waals surface area contributed by atoms with Gasteiger partial charge in [-0.1, -0.05) is 6.07 Å². The molecule has 33 heavy (non-hydrogen) atoms. The van der Waals surface area contributed by atoms with Gasteiger partial charge in [0, 0.05) is 49.8 Å². The lowest BCUT2D eigenvalue weighted by Gasteiger charge is -2.30. The second kappa shape index (κ2) is 10.4. The number of amides is 2. The number of benzene rings is 1. The van der Waals surface area contributed by atoms with Crippen LogP contribution in [0.1, 0.15) is 54.8 Å². The summed E-state index contributed by atoms with van der Waals surface area (Å²) in [6, 6.07) is 8.56. The Hall–Kier alpha value is -3.46. The van der Waals surface area contributed by atoms with Crippen molar-refractivity contribution in [1.29, 1.82) is 0 Å². The summed E-state index contributed by atoms with van der Waals surface area (Å²) >= 11 is 0. The van der Waals surface area contributed by atoms with E-state index in [0.717, 1.165) is 0 Å². The number of imidazole rings is 1. The van der Waals surface area contributed by atoms with Gasteiger partial charge >= 0.3 is 0 Å². The van der Waals surface area contributed by atoms with Crippen molar-refractivity contribution in [1.82, 2.24) is 19.4 Å². The Morgan fingerprint density at radius 2 is 1.88 bits per heavy atom. The lowest BCUT2D eigenvalue weighted by molar-refractivity contribution is 0.0643. The summed E-state index contributed by atoms with van der Waals surface area (Å²) in [5.41, 5.74) is 8.33. The minimum atomic E-state index is -0.326. The summed E-state index contributed by atoms with van der Waals surface area (Å²) in [5, 5.41) is 2.86. The standard InChI is InChI=1S/C24H32N6O3/c1-15(2)30(16(3)4)23(32)18-13-20-21(26-14-18)29(10-7-11-33-5)24(27-20)28-22(31)17-8-6-9-19(25)12-17/h6,8-9,12-16H,7,10-11,25H2,1-5H3,(H,27,28,31). The molecule has 0 radical (unpaired) electrons. The number of fused-ring (bicyclic) bond motifs is 1. The molecule has 0 aliphatic rings. The number of methoxy groups -OCH3 is 1. The van der Waals surface area contributed by atoms with Crippen LogP contribution < -0.4 is 11.1 Å². The molecule has 0 saturated carbocycles. The molecule has 3 rings (SSSR count). The molecule has 0 spiro atoms. The zero-order valence-electron chi connectivity index (χ0n) is 19.8. The van der Waals surface area contributed by atoms with Gasteiger partial charge in [-0.15, -0.1) is 0 Å². The average molecular weight is 453 g/mol. The second-order valence-electron chi connectivity index (χ2n) is 8.48. The highest BCUT2D eigenvalue weighted by molar-refractivity contribution is 6.04. The van der Waals surface area contributed by atoms with Crippen molar-refractivity contribution in [3.63, 3.8) is 0 Å². The number of pyridine rings is 1. The first kappa shape index (κ1) is 24.2. The number of anilines is 2. The molecule has 9 nitrogen and oxygen atoms in total. The van der Waals surface area contributed by atoms with Gasteiger partial charge in [0.15, 0.2) is 5.65 Å². The highest BCUT2D eigenvalue weighted by atomic mass is 16.5. The number of nitrogens with two attached hydrogens (primary N) is 1. The fourth-order valence-electron chi connectivity index (χ4n) is 3.87. The quantitative estimate of drug-likeness (QED) is 0.379. The predicted molar refractivity (Wildman–Crippen MR) is 129 cm³/mol. The van der Waals surface area contributed by atoms with Crippen LogP contribution in [0.25, 0.3) is 11.2 Å². The molecule has 3 N–H and O–H groups in total. The Labute approximate surface area is 193 Å². The largest absolute Gasteiger partial charge is 0.399 e. The molecule has 0 saturated heterocycles. The van der Waals surface area contributed by atoms with Gasteiger partial charge in [-0.2, -0.15) is 0 Å². The minimum Gasteiger partial charge on any atom is -0.399 e. The molecule has 2 heterocycles. The first-order chi connectivity index (χ1) is 15.7. The maximum atomic E-state index is 13.1. The van der Waals surface area contributed by atoms with Crippen LogP contribution in [0, 0.1) is 0 Å². The highest BCUT2D eigenvalue weighted by Crippen LogP contribution is 2.22. The van der Waals surface area contributed by atoms with E-state index in [1.54, 1.807) is 48.5 Å². The molecule has 0 bridgehead atoms. The Balaban J connectivity index is 1.98. The van der Waals surface area contributed by atoms with Gasteiger partial charge in [0.05, 0.1) is 5.56 Å². The number of nitrogens with zero attached hydrogens (tertiary/aromatic N) is 4. The van der Waals surface area contributed by atoms with Gasteiger partial charge in [-0.05, 0) is 58.4 Å². The molecular formula is C24H32N6O3. The number of nitrogen functional groups attached to an aromatic ring is 1. The van der Waals surface area contributed by atoms with E-state index in [9.17, 15) is 9.59 Å². The van der Waals surface area contributed by atoms with Crippen molar-refractivity contribution in [2.24, 2.45) is 0 Å². The highest BCUT2D eigenvalue weighted by Gasteiger charge is 2.23. The summed E-state index contributed by atoms with van der Waals surface area (Å²) in [6.45, 7) is 9.03. The second-order valence-corrected chi connectivity index (χ2v) is 8.48. The number of ether oxygens (including phenoxy) is 1. The van der Waals surface area contributed by atoms with E-state index in [2.05, 4.69) is 15.3 Å². The summed E-state index contributed by atoms with van der Waals surface area (Å²) in [5.74, 6) is -0.0726. The van der Waals surface area contributed by atoms with Crippen LogP contribution in [0.5, 0.6) is 0 Å². The molecular weight excluding hydrogens is 420 g/mol. The lowest BCUT2D eigenvalue weighted by Crippen LogP contribution is -2.42. The van der Waals surface area contributed by atoms with Crippen molar-refractivity contribution in [3.05, 3.63) is 47.7 Å². The summed E-state index contributed by atoms with van der Waals surface area (Å²) in [6.07, 6.45) is 2.28. The van der Waals surface area contributed by atoms with Gasteiger partial charge in [0.1, 0.15) is 5.52 Å². The summed E-state index contributed by atoms with van der Waals surface area (Å²) in [4.78, 5) is 36.9. The molecule has 9 heteroatoms. The van der Waals surface area contributed by atoms with Crippen LogP contribution in [-0.2, 0) is 11.3 Å². The van der Waals surface area contributed by atoms with Gasteiger partial charge in [0.25, 0.3) is 11.8 Å². The molecule has 0 atom stereocenters. The molecule has 2 aromatic heterocycles. The van der Waals surface area contributed by atoms with E-state index >= 15 is 0 Å². The van der Waals surface area contributed by atoms with Gasteiger partial charge in [-0.3, -0.25) is 19.5 Å². The Kier molecular flexibility index (Phi) is 7.65. The monoisotopic (exact) mass is 452 g/mol. The SMILES string of the molecule is COCCCn1c(NC(=O)c2cccc(N)c2)nc2cc(C(=O)N(C(C)C)C(C)C)cnc21. The first-order valence-corrected chi connectivity index (χ1v) is 11.1. The average Bonchev–Trinajstić information content (AvgIpc) is 3.09. The lowest BCUT2D eigenvalue weighted by atomic mass is 10.1. The van der Waals surface area contributed by atoms with Crippen LogP contribution in [0.4, 0.5) is 11.6 Å². The fourth-order valence-corrected chi connectivity index (χ4v) is 3.87. The smallest absolute Gasteiger partial charge is 0.258 e. The fraction of sp³-hybridized carbons (Fsp3) is 0.417. The molecule has 3 aromatic rings. The van der Waals surface area contributed by atoms with E-state index in [-0.39, 0.29) is 23.9 Å². The molecule has 0 aliphatic carbocycles. The van der Waals surface area contributed by atoms with E-state index in [4.69, 9.17) is 10.5 Å². The van der Waals surface area contributed by atoms with Crippen molar-refractivity contribution >= 4 is 34.6 Å². The third kappa shape index (κ3) is 5.48. The Bertz CT molecular complexity index is 1130. The van der Waals surface area contributed by atoms with Crippen LogP contribution in [-0.4, -0.2) is 57.0 Å². The van der Waals surface area contributed by atoms with Crippen LogP contribution in [0.2, 0.25) is 0 Å². The van der Waals surface area contributed by atoms with Crippen LogP contribution in [0.3, 0.4) is 0 Å². The topological polar surface area (TPSA) is 115 Å². The maximum Gasteiger partial charge on any atom is 0.258 e. The minimum absolute atomic E-state index is 0.0490. The predicted octanol–water partition coefficient (Wildman–Crippen LogP) is 3.56. The first-order valence-electron chi connectivity index (χ1n) is 11.1. The third-order valence-electron chi connectivity index (χ3n) is 5.28. The number of aromatic nitrogens is 3. The number of rotatable bonds is 9. The number of hydrogen-bond donors (Lipinski definition) is 2. The molecule has 176 valence electrons. The van der Waals surface area contributed by atoms with E-state index in [0.29, 0.717) is 53.5 Å². The Morgan fingerprint density at radius 1 is 1.15 bits per heavy atom. The Morgan fingerprint density at radius 3 is 2.52 bits per heavy atom. The molecule has 0 unspecified atom stereocenters. The number of hydrogen-bond acceptors (Lipinski definition) is 6. The zero-order chi connectivity index (χ0) is 24.1. The normalized spacial score (nSPS) is 11.4. The van der Waals surface area contributed by atoms with Crippen molar-refractivity contribution < 1.29 is 14.3 Å². The molecule has 2 amide bonds. The van der Waals surface area contributed by atoms with Gasteiger partial charge in [0.2, 0.25) is 5.95 Å². The summed E-state index contributed by atoms with van der Waals surface area (Å²) in [7, 11) is 1.64. The van der Waals surface area contributed by atoms with Crippen molar-refractivity contribution in [3.8, 4) is 0 Å². The molecule has 1 aromatic carbocycles. The molecule has 0 fully saturated rings. The number of aryl methyl sites for hydroxylation is 1. The van der Waals surface area contributed by atoms with Gasteiger partial charge in [-0.25, -0.2) is 9.97 Å². The van der Waals surface area contributed by atoms with Crippen LogP contribution in [0.15, 0.2) is 36.5 Å². The van der Waals surface area contributed by atoms with Gasteiger partial charge < -0.3 is 15.4 Å². The van der Waals surface area contributed by atoms with E-state index in [1.165, 1.54) is 0 Å². The number of nitrogens with one attached hydrogen (secondary N) is 1. The third-order valence-corrected chi connectivity index (χ3v) is 5.28. The van der Waals surface area contributed by atoms with Crippen LogP contribution >= 0.6 is 0 Å². The number of carbonyl (C=O) groups excluding carboxylic acids is 2. The van der Waals surface area contributed by atoms with E-state index < -0.39 is 0 Å². The number of carbonyl (C=O) groups is 2. The summed E-state index contributed by atoms with van der Waals surface area (Å²) < 4.78 is 7.00. The zero-order valence-corrected chi connectivity index (χ0v) is 19.8. The maximum absolute atomic E-state index is 13.1. The van der Waals surface area contributed by atoms with Crippen molar-refractivity contribution in [2.75, 3.05) is 24.8 Å². The molecule has 0 aliphatic heterocycles.